The lowest BCUT2D eigenvalue weighted by molar-refractivity contribution is 0.174. The molecular formula is C15H13N3O2. The second kappa shape index (κ2) is 5.10. The summed E-state index contributed by atoms with van der Waals surface area (Å²) in [7, 11) is 0. The van der Waals surface area contributed by atoms with Crippen molar-refractivity contribution in [1.29, 1.82) is 5.26 Å². The van der Waals surface area contributed by atoms with Gasteiger partial charge in [-0.2, -0.15) is 5.26 Å². The summed E-state index contributed by atoms with van der Waals surface area (Å²) >= 11 is 0. The van der Waals surface area contributed by atoms with Gasteiger partial charge in [0.15, 0.2) is 11.5 Å². The van der Waals surface area contributed by atoms with Crippen molar-refractivity contribution in [3.8, 4) is 17.6 Å². The highest BCUT2D eigenvalue weighted by atomic mass is 16.7. The third-order valence-electron chi connectivity index (χ3n) is 2.99. The summed E-state index contributed by atoms with van der Waals surface area (Å²) < 4.78 is 10.6. The van der Waals surface area contributed by atoms with Crippen molar-refractivity contribution in [2.75, 3.05) is 12.1 Å². The van der Waals surface area contributed by atoms with Gasteiger partial charge in [0, 0.05) is 12.2 Å². The zero-order valence-electron chi connectivity index (χ0n) is 11.0. The Balaban J connectivity index is 1.73. The molecule has 0 saturated carbocycles. The highest BCUT2D eigenvalue weighted by Gasteiger charge is 2.13. The van der Waals surface area contributed by atoms with Crippen LogP contribution in [0.3, 0.4) is 0 Å². The predicted molar refractivity (Wildman–Crippen MR) is 73.6 cm³/mol. The van der Waals surface area contributed by atoms with E-state index in [4.69, 9.17) is 14.7 Å². The van der Waals surface area contributed by atoms with Crippen LogP contribution in [-0.2, 0) is 6.54 Å². The maximum atomic E-state index is 8.94. The number of anilines is 1. The molecule has 5 nitrogen and oxygen atoms in total. The van der Waals surface area contributed by atoms with Crippen LogP contribution in [0.25, 0.3) is 0 Å². The van der Waals surface area contributed by atoms with Gasteiger partial charge in [0.1, 0.15) is 5.82 Å². The number of nitrogens with zero attached hydrogens (tertiary/aromatic N) is 2. The van der Waals surface area contributed by atoms with Crippen LogP contribution < -0.4 is 14.8 Å². The first-order valence-electron chi connectivity index (χ1n) is 6.26. The minimum absolute atomic E-state index is 0.275. The Morgan fingerprint density at radius 3 is 2.95 bits per heavy atom. The van der Waals surface area contributed by atoms with Crippen molar-refractivity contribution in [3.63, 3.8) is 0 Å². The number of pyridine rings is 1. The number of nitrogens with one attached hydrogen (secondary N) is 1. The molecule has 2 aromatic rings. The second-order valence-electron chi connectivity index (χ2n) is 4.54. The Morgan fingerprint density at radius 2 is 2.10 bits per heavy atom. The van der Waals surface area contributed by atoms with Gasteiger partial charge in [-0.05, 0) is 36.8 Å². The first kappa shape index (κ1) is 12.3. The van der Waals surface area contributed by atoms with Gasteiger partial charge in [0.2, 0.25) is 6.79 Å². The van der Waals surface area contributed by atoms with Gasteiger partial charge in [-0.1, -0.05) is 6.07 Å². The molecule has 0 atom stereocenters. The fourth-order valence-electron chi connectivity index (χ4n) is 2.07. The molecule has 0 saturated heterocycles. The Bertz CT molecular complexity index is 692. The van der Waals surface area contributed by atoms with E-state index >= 15 is 0 Å². The summed E-state index contributed by atoms with van der Waals surface area (Å²) in [5, 5.41) is 12.2. The molecule has 100 valence electrons. The van der Waals surface area contributed by atoms with Gasteiger partial charge < -0.3 is 14.8 Å². The average molecular weight is 267 g/mol. The largest absolute Gasteiger partial charge is 0.454 e. The van der Waals surface area contributed by atoms with E-state index in [9.17, 15) is 0 Å². The quantitative estimate of drug-likeness (QED) is 0.925. The highest BCUT2D eigenvalue weighted by Crippen LogP contribution is 2.32. The maximum Gasteiger partial charge on any atom is 0.231 e. The van der Waals surface area contributed by atoms with Crippen molar-refractivity contribution in [2.45, 2.75) is 13.5 Å². The summed E-state index contributed by atoms with van der Waals surface area (Å²) in [6.07, 6.45) is 0. The lowest BCUT2D eigenvalue weighted by Gasteiger charge is -2.07. The molecule has 1 aromatic heterocycles. The van der Waals surface area contributed by atoms with E-state index in [2.05, 4.69) is 16.4 Å². The Morgan fingerprint density at radius 1 is 1.25 bits per heavy atom. The van der Waals surface area contributed by atoms with Crippen molar-refractivity contribution < 1.29 is 9.47 Å². The molecule has 5 heteroatoms. The van der Waals surface area contributed by atoms with Crippen LogP contribution in [0.1, 0.15) is 16.8 Å². The number of nitriles is 1. The van der Waals surface area contributed by atoms with Crippen molar-refractivity contribution in [3.05, 3.63) is 47.2 Å². The number of fused-ring (bicyclic) bond motifs is 1. The van der Waals surface area contributed by atoms with Crippen LogP contribution in [0.2, 0.25) is 0 Å². The molecule has 0 spiro atoms. The normalized spacial score (nSPS) is 12.0. The molecule has 20 heavy (non-hydrogen) atoms. The summed E-state index contributed by atoms with van der Waals surface area (Å²) in [5.41, 5.74) is 2.49. The van der Waals surface area contributed by atoms with Crippen LogP contribution in [0.15, 0.2) is 30.3 Å². The van der Waals surface area contributed by atoms with E-state index in [1.54, 1.807) is 12.1 Å². The average Bonchev–Trinajstić information content (AvgIpc) is 2.92. The fourth-order valence-corrected chi connectivity index (χ4v) is 2.07. The second-order valence-corrected chi connectivity index (χ2v) is 4.54. The lowest BCUT2D eigenvalue weighted by atomic mass is 10.2. The van der Waals surface area contributed by atoms with Crippen LogP contribution in [0, 0.1) is 18.3 Å². The van der Waals surface area contributed by atoms with Gasteiger partial charge in [0.05, 0.1) is 11.6 Å². The maximum absolute atomic E-state index is 8.94. The molecule has 0 aliphatic carbocycles. The van der Waals surface area contributed by atoms with Crippen LogP contribution in [-0.4, -0.2) is 11.8 Å². The molecule has 1 N–H and O–H groups in total. The highest BCUT2D eigenvalue weighted by molar-refractivity contribution is 5.47. The van der Waals surface area contributed by atoms with Crippen LogP contribution in [0.5, 0.6) is 11.5 Å². The SMILES string of the molecule is Cc1cc(C#N)cc(NCc2ccc3c(c2)OCO3)n1. The Kier molecular flexibility index (Phi) is 3.13. The fraction of sp³-hybridized carbons (Fsp3) is 0.200. The molecule has 0 unspecified atom stereocenters. The molecule has 2 heterocycles. The van der Waals surface area contributed by atoms with Gasteiger partial charge in [-0.3, -0.25) is 0 Å². The van der Waals surface area contributed by atoms with Crippen molar-refractivity contribution >= 4 is 5.82 Å². The van der Waals surface area contributed by atoms with Gasteiger partial charge in [0.25, 0.3) is 0 Å². The number of aryl methyl sites for hydroxylation is 1. The number of ether oxygens (including phenoxy) is 2. The first-order valence-corrected chi connectivity index (χ1v) is 6.26. The van der Waals surface area contributed by atoms with E-state index in [0.29, 0.717) is 17.9 Å². The summed E-state index contributed by atoms with van der Waals surface area (Å²) in [6.45, 7) is 2.75. The zero-order valence-corrected chi connectivity index (χ0v) is 11.0. The first-order chi connectivity index (χ1) is 9.74. The van der Waals surface area contributed by atoms with Crippen LogP contribution >= 0.6 is 0 Å². The minimum atomic E-state index is 0.275. The van der Waals surface area contributed by atoms with Gasteiger partial charge in [-0.25, -0.2) is 4.98 Å². The van der Waals surface area contributed by atoms with E-state index < -0.39 is 0 Å². The molecule has 0 amide bonds. The van der Waals surface area contributed by atoms with E-state index in [1.165, 1.54) is 0 Å². The van der Waals surface area contributed by atoms with E-state index in [1.807, 2.05) is 25.1 Å². The van der Waals surface area contributed by atoms with Crippen molar-refractivity contribution in [2.24, 2.45) is 0 Å². The summed E-state index contributed by atoms with van der Waals surface area (Å²) in [6, 6.07) is 11.4. The zero-order chi connectivity index (χ0) is 13.9. The van der Waals surface area contributed by atoms with E-state index in [0.717, 1.165) is 22.8 Å². The minimum Gasteiger partial charge on any atom is -0.454 e. The predicted octanol–water partition coefficient (Wildman–Crippen LogP) is 2.60. The number of hydrogen-bond donors (Lipinski definition) is 1. The van der Waals surface area contributed by atoms with Gasteiger partial charge >= 0.3 is 0 Å². The van der Waals surface area contributed by atoms with E-state index in [-0.39, 0.29) is 6.79 Å². The van der Waals surface area contributed by atoms with Crippen LogP contribution in [0.4, 0.5) is 5.82 Å². The molecule has 0 bridgehead atoms. The third kappa shape index (κ3) is 2.50. The lowest BCUT2D eigenvalue weighted by Crippen LogP contribution is -2.02. The topological polar surface area (TPSA) is 67.2 Å². The number of rotatable bonds is 3. The Labute approximate surface area is 116 Å². The smallest absolute Gasteiger partial charge is 0.231 e. The summed E-state index contributed by atoms with van der Waals surface area (Å²) in [4.78, 5) is 4.35. The molecule has 0 fully saturated rings. The molecule has 1 aromatic carbocycles. The standard InChI is InChI=1S/C15H13N3O2/c1-10-4-12(7-16)6-15(18-10)17-8-11-2-3-13-14(5-11)20-9-19-13/h2-6H,8-9H2,1H3,(H,17,18). The summed E-state index contributed by atoms with van der Waals surface area (Å²) in [5.74, 6) is 2.23. The number of benzene rings is 1. The molecular weight excluding hydrogens is 254 g/mol. The van der Waals surface area contributed by atoms with Gasteiger partial charge in [-0.15, -0.1) is 0 Å². The monoisotopic (exact) mass is 267 g/mol. The Hall–Kier alpha value is -2.74. The number of aromatic nitrogens is 1. The molecule has 0 radical (unpaired) electrons. The van der Waals surface area contributed by atoms with Crippen molar-refractivity contribution in [1.82, 2.24) is 4.98 Å². The number of hydrogen-bond acceptors (Lipinski definition) is 5. The molecule has 1 aliphatic rings. The molecule has 3 rings (SSSR count). The third-order valence-corrected chi connectivity index (χ3v) is 2.99. The molecule has 1 aliphatic heterocycles.